The molecular weight excluding hydrogens is 292 g/mol. The van der Waals surface area contributed by atoms with Gasteiger partial charge < -0.3 is 10.2 Å². The van der Waals surface area contributed by atoms with E-state index in [0.717, 1.165) is 44.9 Å². The van der Waals surface area contributed by atoms with Crippen LogP contribution in [-0.4, -0.2) is 22.2 Å². The van der Waals surface area contributed by atoms with Gasteiger partial charge in [-0.05, 0) is 31.6 Å². The zero-order chi connectivity index (χ0) is 16.9. The third-order valence-electron chi connectivity index (χ3n) is 4.91. The molecule has 0 aromatic heterocycles. The molecule has 1 aliphatic carbocycles. The highest BCUT2D eigenvalue weighted by atomic mass is 16.4. The Labute approximate surface area is 140 Å². The maximum atomic E-state index is 11.1. The lowest BCUT2D eigenvalue weighted by molar-refractivity contribution is -0.142. The fourth-order valence-electron chi connectivity index (χ4n) is 3.29. The van der Waals surface area contributed by atoms with E-state index in [9.17, 15) is 9.59 Å². The molecular formula is C19H34O4. The molecule has 1 saturated carbocycles. The predicted molar refractivity (Wildman–Crippen MR) is 91.5 cm³/mol. The third-order valence-corrected chi connectivity index (χ3v) is 4.91. The summed E-state index contributed by atoms with van der Waals surface area (Å²) in [4.78, 5) is 21.5. The minimum atomic E-state index is -0.684. The Balaban J connectivity index is 1.78. The van der Waals surface area contributed by atoms with Gasteiger partial charge in [0.1, 0.15) is 0 Å². The van der Waals surface area contributed by atoms with E-state index in [2.05, 4.69) is 0 Å². The van der Waals surface area contributed by atoms with E-state index in [1.54, 1.807) is 0 Å². The van der Waals surface area contributed by atoms with Crippen molar-refractivity contribution in [2.45, 2.75) is 96.3 Å². The summed E-state index contributed by atoms with van der Waals surface area (Å²) in [6.07, 6.45) is 16.2. The second kappa shape index (κ2) is 12.4. The molecule has 1 aliphatic rings. The van der Waals surface area contributed by atoms with Crippen LogP contribution in [0.2, 0.25) is 0 Å². The molecule has 0 spiro atoms. The van der Waals surface area contributed by atoms with Gasteiger partial charge in [-0.25, -0.2) is 0 Å². The smallest absolute Gasteiger partial charge is 0.306 e. The molecule has 0 aromatic rings. The second-order valence-corrected chi connectivity index (χ2v) is 7.10. The van der Waals surface area contributed by atoms with Crippen molar-refractivity contribution in [1.82, 2.24) is 0 Å². The molecule has 0 aromatic carbocycles. The minimum Gasteiger partial charge on any atom is -0.481 e. The van der Waals surface area contributed by atoms with Crippen LogP contribution in [0.1, 0.15) is 96.3 Å². The number of unbranched alkanes of at least 4 members (excludes halogenated alkanes) is 10. The van der Waals surface area contributed by atoms with Crippen LogP contribution in [0.4, 0.5) is 0 Å². The van der Waals surface area contributed by atoms with Crippen molar-refractivity contribution < 1.29 is 19.8 Å². The van der Waals surface area contributed by atoms with E-state index < -0.39 is 11.9 Å². The van der Waals surface area contributed by atoms with Gasteiger partial charge in [-0.2, -0.15) is 0 Å². The van der Waals surface area contributed by atoms with Crippen LogP contribution < -0.4 is 0 Å². The lowest BCUT2D eigenvalue weighted by atomic mass is 9.96. The van der Waals surface area contributed by atoms with Crippen molar-refractivity contribution in [3.63, 3.8) is 0 Å². The van der Waals surface area contributed by atoms with Crippen LogP contribution in [0, 0.1) is 11.8 Å². The molecule has 0 amide bonds. The fraction of sp³-hybridized carbons (Fsp3) is 0.895. The quantitative estimate of drug-likeness (QED) is 0.380. The molecule has 0 saturated heterocycles. The van der Waals surface area contributed by atoms with E-state index in [1.807, 2.05) is 0 Å². The highest BCUT2D eigenvalue weighted by Crippen LogP contribution is 2.39. The summed E-state index contributed by atoms with van der Waals surface area (Å²) in [7, 11) is 0. The molecule has 1 fully saturated rings. The number of carbonyl (C=O) groups is 2. The molecule has 4 heteroatoms. The molecule has 0 aliphatic heterocycles. The summed E-state index contributed by atoms with van der Waals surface area (Å²) in [5, 5.41) is 17.7. The first-order valence-corrected chi connectivity index (χ1v) is 9.56. The first kappa shape index (κ1) is 20.0. The summed E-state index contributed by atoms with van der Waals surface area (Å²) < 4.78 is 0. The van der Waals surface area contributed by atoms with Gasteiger partial charge in [0.25, 0.3) is 0 Å². The monoisotopic (exact) mass is 326 g/mol. The molecule has 0 radical (unpaired) electrons. The highest BCUT2D eigenvalue weighted by Gasteiger charge is 2.35. The average Bonchev–Trinajstić information content (AvgIpc) is 3.31. The number of hydrogen-bond acceptors (Lipinski definition) is 2. The first-order valence-electron chi connectivity index (χ1n) is 9.56. The minimum absolute atomic E-state index is 0.0730. The van der Waals surface area contributed by atoms with Crippen molar-refractivity contribution in [3.8, 4) is 0 Å². The van der Waals surface area contributed by atoms with Crippen LogP contribution >= 0.6 is 0 Å². The molecule has 2 N–H and O–H groups in total. The second-order valence-electron chi connectivity index (χ2n) is 7.10. The fourth-order valence-corrected chi connectivity index (χ4v) is 3.29. The van der Waals surface area contributed by atoms with Crippen LogP contribution in [-0.2, 0) is 9.59 Å². The summed E-state index contributed by atoms with van der Waals surface area (Å²) in [5.74, 6) is -0.869. The number of carboxylic acids is 2. The van der Waals surface area contributed by atoms with Gasteiger partial charge in [-0.15, -0.1) is 0 Å². The van der Waals surface area contributed by atoms with E-state index in [4.69, 9.17) is 10.2 Å². The number of aliphatic carboxylic acids is 2. The number of rotatable bonds is 16. The third kappa shape index (κ3) is 11.2. The normalized spacial score (nSPS) is 15.5. The predicted octanol–water partition coefficient (Wildman–Crippen LogP) is 5.25. The topological polar surface area (TPSA) is 74.6 Å². The summed E-state index contributed by atoms with van der Waals surface area (Å²) in [5.41, 5.74) is 0. The summed E-state index contributed by atoms with van der Waals surface area (Å²) in [6, 6.07) is 0. The lowest BCUT2D eigenvalue weighted by Gasteiger charge is -2.10. The van der Waals surface area contributed by atoms with Crippen LogP contribution in [0.15, 0.2) is 0 Å². The summed E-state index contributed by atoms with van der Waals surface area (Å²) in [6.45, 7) is 0. The Hall–Kier alpha value is -1.06. The molecule has 0 bridgehead atoms. The maximum Gasteiger partial charge on any atom is 0.306 e. The van der Waals surface area contributed by atoms with Crippen molar-refractivity contribution >= 4 is 11.9 Å². The largest absolute Gasteiger partial charge is 0.481 e. The van der Waals surface area contributed by atoms with E-state index >= 15 is 0 Å². The molecule has 1 rings (SSSR count). The van der Waals surface area contributed by atoms with Crippen molar-refractivity contribution in [3.05, 3.63) is 0 Å². The Morgan fingerprint density at radius 1 is 0.739 bits per heavy atom. The zero-order valence-electron chi connectivity index (χ0n) is 14.5. The van der Waals surface area contributed by atoms with E-state index in [1.165, 1.54) is 44.9 Å². The van der Waals surface area contributed by atoms with Crippen LogP contribution in [0.5, 0.6) is 0 Å². The van der Waals surface area contributed by atoms with Crippen LogP contribution in [0.3, 0.4) is 0 Å². The first-order chi connectivity index (χ1) is 11.1. The molecule has 4 nitrogen and oxygen atoms in total. The van der Waals surface area contributed by atoms with Crippen molar-refractivity contribution in [2.24, 2.45) is 11.8 Å². The Kier molecular flexibility index (Phi) is 10.8. The van der Waals surface area contributed by atoms with E-state index in [0.29, 0.717) is 12.3 Å². The SMILES string of the molecule is O=C(O)CCCCCCCCCCCCCC(C(=O)O)C1CC1. The van der Waals surface area contributed by atoms with Crippen LogP contribution in [0.25, 0.3) is 0 Å². The highest BCUT2D eigenvalue weighted by molar-refractivity contribution is 5.70. The standard InChI is InChI=1S/C19H34O4/c20-18(21)13-11-9-7-5-3-1-2-4-6-8-10-12-17(19(22)23)16-14-15-16/h16-17H,1-15H2,(H,20,21)(H,22,23). The average molecular weight is 326 g/mol. The molecule has 1 unspecified atom stereocenters. The molecule has 1 atom stereocenters. The Bertz CT molecular complexity index is 336. The summed E-state index contributed by atoms with van der Waals surface area (Å²) >= 11 is 0. The molecule has 23 heavy (non-hydrogen) atoms. The van der Waals surface area contributed by atoms with Gasteiger partial charge in [0.15, 0.2) is 0 Å². The van der Waals surface area contributed by atoms with Gasteiger partial charge in [0, 0.05) is 6.42 Å². The maximum absolute atomic E-state index is 11.1. The number of hydrogen-bond donors (Lipinski definition) is 2. The van der Waals surface area contributed by atoms with E-state index in [-0.39, 0.29) is 5.92 Å². The van der Waals surface area contributed by atoms with Gasteiger partial charge >= 0.3 is 11.9 Å². The number of carboxylic acid groups (broad SMARTS) is 2. The lowest BCUT2D eigenvalue weighted by Crippen LogP contribution is -2.15. The Morgan fingerprint density at radius 3 is 1.57 bits per heavy atom. The van der Waals surface area contributed by atoms with Gasteiger partial charge in [0.05, 0.1) is 5.92 Å². The molecule has 134 valence electrons. The van der Waals surface area contributed by atoms with Crippen molar-refractivity contribution in [1.29, 1.82) is 0 Å². The Morgan fingerprint density at radius 2 is 1.17 bits per heavy atom. The van der Waals surface area contributed by atoms with Crippen molar-refractivity contribution in [2.75, 3.05) is 0 Å². The molecule has 0 heterocycles. The van der Waals surface area contributed by atoms with Gasteiger partial charge in [-0.1, -0.05) is 64.2 Å². The zero-order valence-corrected chi connectivity index (χ0v) is 14.5. The van der Waals surface area contributed by atoms with Gasteiger partial charge in [-0.3, -0.25) is 9.59 Å². The van der Waals surface area contributed by atoms with Gasteiger partial charge in [0.2, 0.25) is 0 Å².